The zero-order valence-electron chi connectivity index (χ0n) is 45.3. The van der Waals surface area contributed by atoms with Crippen molar-refractivity contribution in [2.45, 2.75) is 339 Å². The first-order valence-corrected chi connectivity index (χ1v) is 30.0. The van der Waals surface area contributed by atoms with E-state index < -0.39 is 49.5 Å². The number of rotatable bonds is 52. The summed E-state index contributed by atoms with van der Waals surface area (Å²) in [5.41, 5.74) is 0. The molecule has 0 aliphatic carbocycles. The molecule has 9 heteroatoms. The van der Waals surface area contributed by atoms with Crippen LogP contribution in [-0.2, 0) is 14.3 Å². The van der Waals surface area contributed by atoms with Crippen molar-refractivity contribution in [1.29, 1.82) is 0 Å². The summed E-state index contributed by atoms with van der Waals surface area (Å²) in [5.74, 6) is -0.139. The molecule has 7 atom stereocenters. The van der Waals surface area contributed by atoms with Crippen LogP contribution in [0, 0.1) is 0 Å². The van der Waals surface area contributed by atoms with E-state index in [1.54, 1.807) is 0 Å². The Morgan fingerprint density at radius 3 is 1.25 bits per heavy atom. The summed E-state index contributed by atoms with van der Waals surface area (Å²) < 4.78 is 11.3. The van der Waals surface area contributed by atoms with Crippen molar-refractivity contribution in [2.24, 2.45) is 0 Å². The molecule has 0 aromatic heterocycles. The summed E-state index contributed by atoms with van der Waals surface area (Å²) in [7, 11) is 0. The predicted molar refractivity (Wildman–Crippen MR) is 290 cm³/mol. The van der Waals surface area contributed by atoms with Crippen molar-refractivity contribution in [3.8, 4) is 0 Å². The van der Waals surface area contributed by atoms with Crippen molar-refractivity contribution >= 4 is 5.91 Å². The second-order valence-electron chi connectivity index (χ2n) is 21.1. The maximum atomic E-state index is 13.1. The lowest BCUT2D eigenvalue weighted by Gasteiger charge is -2.40. The smallest absolute Gasteiger partial charge is 0.220 e. The number of hydrogen-bond acceptors (Lipinski definition) is 8. The monoisotopic (exact) mass is 978 g/mol. The number of nitrogens with one attached hydrogen (secondary N) is 1. The van der Waals surface area contributed by atoms with E-state index in [0.717, 1.165) is 44.9 Å². The van der Waals surface area contributed by atoms with Gasteiger partial charge in [-0.2, -0.15) is 0 Å². The van der Waals surface area contributed by atoms with E-state index in [-0.39, 0.29) is 12.5 Å². The van der Waals surface area contributed by atoms with Crippen LogP contribution in [0.15, 0.2) is 24.3 Å². The van der Waals surface area contributed by atoms with E-state index in [1.165, 1.54) is 225 Å². The van der Waals surface area contributed by atoms with Crippen LogP contribution in [0.2, 0.25) is 0 Å². The number of amides is 1. The molecule has 9 nitrogen and oxygen atoms in total. The first-order chi connectivity index (χ1) is 33.8. The van der Waals surface area contributed by atoms with Gasteiger partial charge in [0.15, 0.2) is 6.29 Å². The highest BCUT2D eigenvalue weighted by molar-refractivity contribution is 5.76. The Balaban J connectivity index is 2.11. The van der Waals surface area contributed by atoms with Crippen LogP contribution in [0.4, 0.5) is 0 Å². The van der Waals surface area contributed by atoms with Crippen molar-refractivity contribution < 1.29 is 39.8 Å². The third kappa shape index (κ3) is 39.8. The SMILES string of the molecule is CCCCCCC/C=C\C/C=C\CCCCCCCCCCCCCCCCCCCCCC(=O)NC(COC1OC(CO)C(O)C(O)C1O)C(O)CCCCCCCCCCCCCCCCC. The summed E-state index contributed by atoms with van der Waals surface area (Å²) in [6, 6.07) is -0.716. The average molecular weight is 979 g/mol. The van der Waals surface area contributed by atoms with Crippen molar-refractivity contribution in [3.05, 3.63) is 24.3 Å². The normalized spacial score (nSPS) is 19.6. The van der Waals surface area contributed by atoms with Crippen LogP contribution < -0.4 is 5.32 Å². The molecule has 1 rings (SSSR count). The van der Waals surface area contributed by atoms with Crippen molar-refractivity contribution in [1.82, 2.24) is 5.32 Å². The second-order valence-corrected chi connectivity index (χ2v) is 21.1. The highest BCUT2D eigenvalue weighted by atomic mass is 16.7. The minimum Gasteiger partial charge on any atom is -0.394 e. The number of allylic oxidation sites excluding steroid dienone is 4. The molecule has 1 fully saturated rings. The molecular weight excluding hydrogens is 863 g/mol. The molecule has 0 bridgehead atoms. The fourth-order valence-electron chi connectivity index (χ4n) is 9.78. The highest BCUT2D eigenvalue weighted by Gasteiger charge is 2.44. The zero-order chi connectivity index (χ0) is 50.1. The van der Waals surface area contributed by atoms with Gasteiger partial charge in [-0.15, -0.1) is 0 Å². The fourth-order valence-corrected chi connectivity index (χ4v) is 9.78. The maximum Gasteiger partial charge on any atom is 0.220 e. The van der Waals surface area contributed by atoms with Gasteiger partial charge in [-0.05, 0) is 44.9 Å². The summed E-state index contributed by atoms with van der Waals surface area (Å²) in [4.78, 5) is 13.1. The van der Waals surface area contributed by atoms with E-state index in [0.29, 0.717) is 12.8 Å². The number of aliphatic hydroxyl groups excluding tert-OH is 5. The Hall–Kier alpha value is -1.33. The van der Waals surface area contributed by atoms with Crippen LogP contribution in [0.3, 0.4) is 0 Å². The number of carbonyl (C=O) groups excluding carboxylic acids is 1. The van der Waals surface area contributed by atoms with Gasteiger partial charge in [-0.3, -0.25) is 4.79 Å². The maximum absolute atomic E-state index is 13.1. The number of hydrogen-bond donors (Lipinski definition) is 6. The van der Waals surface area contributed by atoms with Crippen LogP contribution in [0.1, 0.15) is 296 Å². The lowest BCUT2D eigenvalue weighted by atomic mass is 9.99. The lowest BCUT2D eigenvalue weighted by molar-refractivity contribution is -0.302. The number of ether oxygens (including phenoxy) is 2. The Bertz CT molecular complexity index is 1130. The summed E-state index contributed by atoms with van der Waals surface area (Å²) in [6.45, 7) is 3.86. The Kier molecular flexibility index (Phi) is 47.8. The summed E-state index contributed by atoms with van der Waals surface area (Å²) in [6.07, 6.45) is 56.5. The van der Waals surface area contributed by atoms with Gasteiger partial charge in [0.05, 0.1) is 25.4 Å². The van der Waals surface area contributed by atoms with Crippen LogP contribution in [0.5, 0.6) is 0 Å². The summed E-state index contributed by atoms with van der Waals surface area (Å²) >= 11 is 0. The van der Waals surface area contributed by atoms with Gasteiger partial charge in [0, 0.05) is 6.42 Å². The first kappa shape index (κ1) is 65.7. The molecule has 1 saturated heterocycles. The van der Waals surface area contributed by atoms with Gasteiger partial charge in [-0.25, -0.2) is 0 Å². The van der Waals surface area contributed by atoms with Gasteiger partial charge in [0.25, 0.3) is 0 Å². The Labute approximate surface area is 426 Å². The molecule has 0 aromatic carbocycles. The lowest BCUT2D eigenvalue weighted by Crippen LogP contribution is -2.60. The predicted octanol–water partition coefficient (Wildman–Crippen LogP) is 15.0. The molecule has 7 unspecified atom stereocenters. The van der Waals surface area contributed by atoms with E-state index in [9.17, 15) is 30.3 Å². The molecule has 1 aliphatic rings. The van der Waals surface area contributed by atoms with Crippen LogP contribution >= 0.6 is 0 Å². The molecule has 0 radical (unpaired) electrons. The molecule has 1 heterocycles. The number of aliphatic hydroxyl groups is 5. The molecule has 0 saturated carbocycles. The topological polar surface area (TPSA) is 149 Å². The molecule has 6 N–H and O–H groups in total. The Morgan fingerprint density at radius 1 is 0.493 bits per heavy atom. The minimum atomic E-state index is -1.55. The standard InChI is InChI=1S/C60H115NO8/c1-3-5-7-9-11-13-15-17-19-20-21-22-23-24-25-26-27-28-29-30-31-32-33-34-36-38-40-42-44-46-48-50-56(64)61-53(52-68-60-59(67)58(66)57(65)55(51-62)69-60)54(63)49-47-45-43-41-39-37-35-18-16-14-12-10-8-6-4-2/h15,17,20-21,53-55,57-60,62-63,65-67H,3-14,16,18-19,22-52H2,1-2H3,(H,61,64)/b17-15-,21-20-. The van der Waals surface area contributed by atoms with Crippen molar-refractivity contribution in [3.63, 3.8) is 0 Å². The molecule has 0 aromatic rings. The molecule has 1 aliphatic heterocycles. The van der Waals surface area contributed by atoms with Gasteiger partial charge in [0.1, 0.15) is 24.4 Å². The van der Waals surface area contributed by atoms with Gasteiger partial charge < -0.3 is 40.3 Å². The number of carbonyl (C=O) groups is 1. The second kappa shape index (κ2) is 50.2. The van der Waals surface area contributed by atoms with E-state index >= 15 is 0 Å². The van der Waals surface area contributed by atoms with Gasteiger partial charge >= 0.3 is 0 Å². The Morgan fingerprint density at radius 2 is 0.855 bits per heavy atom. The largest absolute Gasteiger partial charge is 0.394 e. The summed E-state index contributed by atoms with van der Waals surface area (Å²) in [5, 5.41) is 54.6. The van der Waals surface area contributed by atoms with Gasteiger partial charge in [-0.1, -0.05) is 269 Å². The van der Waals surface area contributed by atoms with Crippen LogP contribution in [0.25, 0.3) is 0 Å². The van der Waals surface area contributed by atoms with Crippen molar-refractivity contribution in [2.75, 3.05) is 13.2 Å². The van der Waals surface area contributed by atoms with E-state index in [2.05, 4.69) is 43.5 Å². The first-order valence-electron chi connectivity index (χ1n) is 30.0. The average Bonchev–Trinajstić information content (AvgIpc) is 3.35. The molecule has 1 amide bonds. The van der Waals surface area contributed by atoms with E-state index in [4.69, 9.17) is 9.47 Å². The minimum absolute atomic E-state index is 0.134. The molecular formula is C60H115NO8. The highest BCUT2D eigenvalue weighted by Crippen LogP contribution is 2.23. The molecule has 0 spiro atoms. The van der Waals surface area contributed by atoms with Crippen LogP contribution in [-0.4, -0.2) is 87.5 Å². The third-order valence-corrected chi connectivity index (χ3v) is 14.6. The number of unbranched alkanes of at least 4 members (excludes halogenated alkanes) is 38. The molecule has 69 heavy (non-hydrogen) atoms. The quantitative estimate of drug-likeness (QED) is 0.0261. The fraction of sp³-hybridized carbons (Fsp3) is 0.917. The molecule has 408 valence electrons. The van der Waals surface area contributed by atoms with Gasteiger partial charge in [0.2, 0.25) is 5.91 Å². The zero-order valence-corrected chi connectivity index (χ0v) is 45.3. The van der Waals surface area contributed by atoms with E-state index in [1.807, 2.05) is 0 Å². The third-order valence-electron chi connectivity index (χ3n) is 14.6.